The van der Waals surface area contributed by atoms with Crippen molar-refractivity contribution in [1.29, 1.82) is 5.26 Å². The van der Waals surface area contributed by atoms with Crippen LogP contribution in [0, 0.1) is 23.2 Å². The lowest BCUT2D eigenvalue weighted by molar-refractivity contribution is 0.0711. The minimum Gasteiger partial charge on any atom is -0.330 e. The molecule has 0 aromatic heterocycles. The molecule has 2 aliphatic rings. The molecule has 1 saturated heterocycles. The summed E-state index contributed by atoms with van der Waals surface area (Å²) >= 11 is 0. The maximum atomic E-state index is 8.91. The van der Waals surface area contributed by atoms with Crippen LogP contribution in [0.4, 0.5) is 0 Å². The van der Waals surface area contributed by atoms with Gasteiger partial charge in [-0.2, -0.15) is 5.26 Å². The molecule has 0 unspecified atom stereocenters. The van der Waals surface area contributed by atoms with E-state index in [2.05, 4.69) is 11.0 Å². The molecule has 2 rings (SSSR count). The molecule has 0 spiro atoms. The predicted octanol–water partition coefficient (Wildman–Crippen LogP) is 0.179. The lowest BCUT2D eigenvalue weighted by Gasteiger charge is -2.41. The zero-order chi connectivity index (χ0) is 8.55. The normalized spacial score (nSPS) is 27.7. The predicted molar refractivity (Wildman–Crippen MR) is 46.2 cm³/mol. The van der Waals surface area contributed by atoms with Crippen molar-refractivity contribution in [2.45, 2.75) is 18.9 Å². The summed E-state index contributed by atoms with van der Waals surface area (Å²) in [6.07, 6.45) is 2.50. The number of nitrogens with two attached hydrogens (primary N) is 1. The molecule has 3 nitrogen and oxygen atoms in total. The van der Waals surface area contributed by atoms with Gasteiger partial charge in [0.2, 0.25) is 0 Å². The first-order valence-electron chi connectivity index (χ1n) is 4.69. The number of nitrogens with zero attached hydrogens (tertiary/aromatic N) is 2. The molecule has 0 aromatic carbocycles. The Balaban J connectivity index is 1.81. The minimum absolute atomic E-state index is 0.202. The molecule has 2 fully saturated rings. The highest BCUT2D eigenvalue weighted by atomic mass is 15.2. The molecule has 0 bridgehead atoms. The van der Waals surface area contributed by atoms with E-state index in [1.807, 2.05) is 0 Å². The largest absolute Gasteiger partial charge is 0.330 e. The van der Waals surface area contributed by atoms with Gasteiger partial charge in [0.1, 0.15) is 6.04 Å². The molecule has 1 heterocycles. The van der Waals surface area contributed by atoms with Gasteiger partial charge in [0.25, 0.3) is 0 Å². The van der Waals surface area contributed by atoms with Crippen molar-refractivity contribution in [2.24, 2.45) is 17.6 Å². The van der Waals surface area contributed by atoms with Crippen molar-refractivity contribution in [3.63, 3.8) is 0 Å². The summed E-state index contributed by atoms with van der Waals surface area (Å²) in [7, 11) is 0. The van der Waals surface area contributed by atoms with E-state index in [0.29, 0.717) is 11.8 Å². The average molecular weight is 165 g/mol. The van der Waals surface area contributed by atoms with Gasteiger partial charge in [-0.05, 0) is 31.2 Å². The zero-order valence-corrected chi connectivity index (χ0v) is 7.24. The molecule has 1 atom stereocenters. The number of rotatable bonds is 3. The first kappa shape index (κ1) is 8.03. The minimum atomic E-state index is 0.202. The lowest BCUT2D eigenvalue weighted by Crippen LogP contribution is -2.54. The second-order valence-corrected chi connectivity index (χ2v) is 3.97. The number of hydrogen-bond donors (Lipinski definition) is 1. The second-order valence-electron chi connectivity index (χ2n) is 3.97. The highest BCUT2D eigenvalue weighted by Gasteiger charge is 2.40. The summed E-state index contributed by atoms with van der Waals surface area (Å²) in [5.74, 6) is 1.33. The average Bonchev–Trinajstić information content (AvgIpc) is 2.78. The van der Waals surface area contributed by atoms with Crippen LogP contribution < -0.4 is 5.73 Å². The number of hydrogen-bond acceptors (Lipinski definition) is 3. The van der Waals surface area contributed by atoms with Gasteiger partial charge in [-0.3, -0.25) is 4.90 Å². The van der Waals surface area contributed by atoms with Gasteiger partial charge >= 0.3 is 0 Å². The number of nitriles is 1. The summed E-state index contributed by atoms with van der Waals surface area (Å²) in [5.41, 5.74) is 5.52. The second kappa shape index (κ2) is 3.04. The van der Waals surface area contributed by atoms with E-state index in [1.54, 1.807) is 0 Å². The summed E-state index contributed by atoms with van der Waals surface area (Å²) in [6.45, 7) is 2.87. The summed E-state index contributed by atoms with van der Waals surface area (Å²) in [5, 5.41) is 8.91. The highest BCUT2D eigenvalue weighted by molar-refractivity contribution is 5.05. The molecule has 2 N–H and O–H groups in total. The maximum absolute atomic E-state index is 8.91. The molecule has 1 saturated carbocycles. The van der Waals surface area contributed by atoms with E-state index in [4.69, 9.17) is 11.0 Å². The molecular weight excluding hydrogens is 150 g/mol. The van der Waals surface area contributed by atoms with Gasteiger partial charge in [0.05, 0.1) is 6.07 Å². The Morgan fingerprint density at radius 1 is 1.50 bits per heavy atom. The van der Waals surface area contributed by atoms with E-state index in [-0.39, 0.29) is 6.04 Å². The van der Waals surface area contributed by atoms with Crippen molar-refractivity contribution < 1.29 is 0 Å². The Bertz CT molecular complexity index is 198. The van der Waals surface area contributed by atoms with Gasteiger partial charge in [0.15, 0.2) is 0 Å². The fourth-order valence-electron chi connectivity index (χ4n) is 1.88. The first-order valence-corrected chi connectivity index (χ1v) is 4.69. The van der Waals surface area contributed by atoms with Gasteiger partial charge in [0, 0.05) is 13.1 Å². The summed E-state index contributed by atoms with van der Waals surface area (Å²) in [6, 6.07) is 2.60. The third-order valence-corrected chi connectivity index (χ3v) is 2.91. The monoisotopic (exact) mass is 165 g/mol. The van der Waals surface area contributed by atoms with E-state index in [1.165, 1.54) is 12.8 Å². The van der Waals surface area contributed by atoms with E-state index in [0.717, 1.165) is 19.6 Å². The van der Waals surface area contributed by atoms with Gasteiger partial charge < -0.3 is 5.73 Å². The van der Waals surface area contributed by atoms with Crippen molar-refractivity contribution in [3.8, 4) is 6.07 Å². The Labute approximate surface area is 73.1 Å². The fraction of sp³-hybridized carbons (Fsp3) is 0.889. The molecule has 66 valence electrons. The Hall–Kier alpha value is -0.590. The smallest absolute Gasteiger partial charge is 0.101 e. The summed E-state index contributed by atoms with van der Waals surface area (Å²) < 4.78 is 0. The van der Waals surface area contributed by atoms with Crippen molar-refractivity contribution in [1.82, 2.24) is 4.90 Å². The molecule has 1 aliphatic heterocycles. The van der Waals surface area contributed by atoms with Crippen LogP contribution in [0.5, 0.6) is 0 Å². The summed E-state index contributed by atoms with van der Waals surface area (Å²) in [4.78, 5) is 2.27. The molecular formula is C9H15N3. The Kier molecular flexibility index (Phi) is 2.03. The van der Waals surface area contributed by atoms with Crippen molar-refractivity contribution in [2.75, 3.05) is 19.6 Å². The first-order chi connectivity index (χ1) is 5.85. The topological polar surface area (TPSA) is 53.0 Å². The van der Waals surface area contributed by atoms with Gasteiger partial charge in [-0.15, -0.1) is 0 Å². The highest BCUT2D eigenvalue weighted by Crippen LogP contribution is 2.37. The van der Waals surface area contributed by atoms with Crippen molar-refractivity contribution >= 4 is 0 Å². The lowest BCUT2D eigenvalue weighted by atomic mass is 9.96. The molecule has 0 amide bonds. The van der Waals surface area contributed by atoms with Gasteiger partial charge in [-0.25, -0.2) is 0 Å². The Morgan fingerprint density at radius 3 is 2.58 bits per heavy atom. The maximum Gasteiger partial charge on any atom is 0.101 e. The molecule has 3 heteroatoms. The zero-order valence-electron chi connectivity index (χ0n) is 7.24. The van der Waals surface area contributed by atoms with Crippen LogP contribution in [0.25, 0.3) is 0 Å². The Morgan fingerprint density at radius 2 is 2.17 bits per heavy atom. The molecule has 0 radical (unpaired) electrons. The van der Waals surface area contributed by atoms with E-state index >= 15 is 0 Å². The third kappa shape index (κ3) is 1.33. The number of likely N-dealkylation sites (tertiary alicyclic amines) is 1. The van der Waals surface area contributed by atoms with Crippen LogP contribution in [0.1, 0.15) is 12.8 Å². The molecule has 0 aromatic rings. The van der Waals surface area contributed by atoms with Crippen molar-refractivity contribution in [3.05, 3.63) is 0 Å². The molecule has 1 aliphatic carbocycles. The van der Waals surface area contributed by atoms with E-state index < -0.39 is 0 Å². The third-order valence-electron chi connectivity index (χ3n) is 2.91. The van der Waals surface area contributed by atoms with E-state index in [9.17, 15) is 0 Å². The van der Waals surface area contributed by atoms with Crippen LogP contribution in [0.3, 0.4) is 0 Å². The van der Waals surface area contributed by atoms with Crippen LogP contribution in [-0.2, 0) is 0 Å². The van der Waals surface area contributed by atoms with Crippen LogP contribution in [0.2, 0.25) is 0 Å². The standard InChI is InChI=1S/C9H15N3/c10-3-7-5-12(6-7)9(4-11)8-1-2-8/h7-9H,1-3,5-6,10H2/t9-/m0/s1. The van der Waals surface area contributed by atoms with Crippen LogP contribution in [-0.4, -0.2) is 30.6 Å². The quantitative estimate of drug-likeness (QED) is 0.649. The van der Waals surface area contributed by atoms with Gasteiger partial charge in [-0.1, -0.05) is 0 Å². The fourth-order valence-corrected chi connectivity index (χ4v) is 1.88. The van der Waals surface area contributed by atoms with Crippen LogP contribution in [0.15, 0.2) is 0 Å². The molecule has 12 heavy (non-hydrogen) atoms. The SMILES string of the molecule is N#C[C@@H](C1CC1)N1CC(CN)C1. The van der Waals surface area contributed by atoms with Crippen LogP contribution >= 0.6 is 0 Å².